The third kappa shape index (κ3) is 3.21. The maximum atomic E-state index is 12.9. The molecule has 1 saturated heterocycles. The fraction of sp³-hybridized carbons (Fsp3) is 0.417. The van der Waals surface area contributed by atoms with Crippen molar-refractivity contribution in [3.05, 3.63) is 63.7 Å². The zero-order valence-corrected chi connectivity index (χ0v) is 17.1. The Morgan fingerprint density at radius 1 is 0.964 bits per heavy atom. The van der Waals surface area contributed by atoms with Gasteiger partial charge in [0.1, 0.15) is 11.4 Å². The summed E-state index contributed by atoms with van der Waals surface area (Å²) in [6.07, 6.45) is 1.76. The summed E-state index contributed by atoms with van der Waals surface area (Å²) in [5.74, 6) is 0.933. The van der Waals surface area contributed by atoms with Crippen molar-refractivity contribution >= 4 is 11.7 Å². The van der Waals surface area contributed by atoms with Gasteiger partial charge >= 0.3 is 0 Å². The second-order valence-corrected chi connectivity index (χ2v) is 8.43. The number of Topliss-reactive ketones (excluding diaryl/α,β-unsaturated/α-hetero) is 1. The Hall–Kier alpha value is -2.62. The Kier molecular flexibility index (Phi) is 4.53. The summed E-state index contributed by atoms with van der Waals surface area (Å²) in [4.78, 5) is 27.6. The predicted octanol–water partition coefficient (Wildman–Crippen LogP) is 4.56. The van der Waals surface area contributed by atoms with Crippen LogP contribution in [0.4, 0.5) is 0 Å². The van der Waals surface area contributed by atoms with Crippen LogP contribution in [0.2, 0.25) is 0 Å². The van der Waals surface area contributed by atoms with Gasteiger partial charge in [-0.25, -0.2) is 0 Å². The molecule has 2 aromatic carbocycles. The molecule has 4 nitrogen and oxygen atoms in total. The van der Waals surface area contributed by atoms with Gasteiger partial charge in [0.25, 0.3) is 5.91 Å². The van der Waals surface area contributed by atoms with E-state index in [0.29, 0.717) is 38.1 Å². The molecule has 0 aliphatic carbocycles. The van der Waals surface area contributed by atoms with Crippen molar-refractivity contribution in [3.63, 3.8) is 0 Å². The van der Waals surface area contributed by atoms with Gasteiger partial charge in [-0.1, -0.05) is 12.1 Å². The van der Waals surface area contributed by atoms with E-state index in [1.54, 1.807) is 0 Å². The largest absolute Gasteiger partial charge is 0.486 e. The molecule has 4 heteroatoms. The molecule has 0 bridgehead atoms. The average molecular weight is 377 g/mol. The quantitative estimate of drug-likeness (QED) is 0.732. The van der Waals surface area contributed by atoms with Crippen LogP contribution in [0.5, 0.6) is 5.75 Å². The minimum Gasteiger partial charge on any atom is -0.486 e. The SMILES string of the molecule is Cc1cc(C)c2c(c1)OC1(CCN(C(=O)c3ccc(C)c(C)c3)CC1)CC2=O. The Morgan fingerprint density at radius 3 is 2.36 bits per heavy atom. The Balaban J connectivity index is 1.51. The van der Waals surface area contributed by atoms with Crippen LogP contribution in [0.25, 0.3) is 0 Å². The standard InChI is InChI=1S/C24H27NO3/c1-15-11-18(4)22-20(26)14-24(28-21(22)12-15)7-9-25(10-8-24)23(27)19-6-5-16(2)17(3)13-19/h5-6,11-13H,7-10,14H2,1-4H3. The number of ether oxygens (including phenoxy) is 1. The number of benzene rings is 2. The van der Waals surface area contributed by atoms with E-state index >= 15 is 0 Å². The number of aryl methyl sites for hydroxylation is 4. The van der Waals surface area contributed by atoms with Gasteiger partial charge in [0.2, 0.25) is 0 Å². The highest BCUT2D eigenvalue weighted by molar-refractivity contribution is 6.02. The number of likely N-dealkylation sites (tertiary alicyclic amines) is 1. The molecule has 2 aliphatic rings. The molecule has 0 aromatic heterocycles. The minimum absolute atomic E-state index is 0.0622. The lowest BCUT2D eigenvalue weighted by Crippen LogP contribution is -2.52. The zero-order chi connectivity index (χ0) is 20.1. The number of piperidine rings is 1. The number of ketones is 1. The third-order valence-corrected chi connectivity index (χ3v) is 6.25. The van der Waals surface area contributed by atoms with Gasteiger partial charge in [-0.15, -0.1) is 0 Å². The molecule has 1 spiro atoms. The summed E-state index contributed by atoms with van der Waals surface area (Å²) in [6.45, 7) is 9.29. The molecule has 0 unspecified atom stereocenters. The van der Waals surface area contributed by atoms with Gasteiger partial charge in [0.15, 0.2) is 5.78 Å². The van der Waals surface area contributed by atoms with Crippen molar-refractivity contribution in [2.75, 3.05) is 13.1 Å². The number of fused-ring (bicyclic) bond motifs is 1. The van der Waals surface area contributed by atoms with E-state index in [2.05, 4.69) is 0 Å². The molecule has 4 rings (SSSR count). The van der Waals surface area contributed by atoms with Crippen molar-refractivity contribution in [1.29, 1.82) is 0 Å². The molecular formula is C24H27NO3. The van der Waals surface area contributed by atoms with E-state index in [0.717, 1.165) is 27.8 Å². The van der Waals surface area contributed by atoms with Crippen LogP contribution in [0.1, 0.15) is 62.2 Å². The second-order valence-electron chi connectivity index (χ2n) is 8.43. The van der Waals surface area contributed by atoms with Gasteiger partial charge < -0.3 is 9.64 Å². The number of carbonyl (C=O) groups excluding carboxylic acids is 2. The van der Waals surface area contributed by atoms with Crippen molar-refractivity contribution in [3.8, 4) is 5.75 Å². The third-order valence-electron chi connectivity index (χ3n) is 6.25. The first-order chi connectivity index (χ1) is 13.3. The number of hydrogen-bond donors (Lipinski definition) is 0. The summed E-state index contributed by atoms with van der Waals surface area (Å²) in [6, 6.07) is 9.86. The Bertz CT molecular complexity index is 968. The van der Waals surface area contributed by atoms with Crippen LogP contribution in [-0.4, -0.2) is 35.3 Å². The molecule has 2 aromatic rings. The molecule has 0 N–H and O–H groups in total. The summed E-state index contributed by atoms with van der Waals surface area (Å²) in [5, 5.41) is 0. The number of hydrogen-bond acceptors (Lipinski definition) is 3. The molecule has 0 saturated carbocycles. The Morgan fingerprint density at radius 2 is 1.68 bits per heavy atom. The lowest BCUT2D eigenvalue weighted by Gasteiger charge is -2.44. The lowest BCUT2D eigenvalue weighted by atomic mass is 9.81. The smallest absolute Gasteiger partial charge is 0.253 e. The van der Waals surface area contributed by atoms with E-state index in [-0.39, 0.29) is 11.7 Å². The average Bonchev–Trinajstić information content (AvgIpc) is 2.63. The maximum absolute atomic E-state index is 12.9. The first kappa shape index (κ1) is 18.7. The highest BCUT2D eigenvalue weighted by atomic mass is 16.5. The summed E-state index contributed by atoms with van der Waals surface area (Å²) in [5.41, 5.74) is 5.38. The van der Waals surface area contributed by atoms with Crippen molar-refractivity contribution in [2.24, 2.45) is 0 Å². The van der Waals surface area contributed by atoms with Crippen molar-refractivity contribution in [1.82, 2.24) is 4.90 Å². The normalized spacial score (nSPS) is 18.0. The van der Waals surface area contributed by atoms with Crippen molar-refractivity contribution in [2.45, 2.75) is 52.6 Å². The van der Waals surface area contributed by atoms with Gasteiger partial charge in [0.05, 0.1) is 12.0 Å². The van der Waals surface area contributed by atoms with Crippen LogP contribution in [0.3, 0.4) is 0 Å². The van der Waals surface area contributed by atoms with Crippen LogP contribution >= 0.6 is 0 Å². The summed E-state index contributed by atoms with van der Waals surface area (Å²) in [7, 11) is 0. The monoisotopic (exact) mass is 377 g/mol. The van der Waals surface area contributed by atoms with Gasteiger partial charge in [0, 0.05) is 31.5 Å². The van der Waals surface area contributed by atoms with Gasteiger partial charge in [-0.3, -0.25) is 9.59 Å². The number of amides is 1. The first-order valence-corrected chi connectivity index (χ1v) is 9.98. The number of rotatable bonds is 1. The van der Waals surface area contributed by atoms with E-state index < -0.39 is 5.60 Å². The fourth-order valence-electron chi connectivity index (χ4n) is 4.47. The van der Waals surface area contributed by atoms with Gasteiger partial charge in [-0.2, -0.15) is 0 Å². The molecule has 1 amide bonds. The minimum atomic E-state index is -0.482. The highest BCUT2D eigenvalue weighted by Crippen LogP contribution is 2.41. The zero-order valence-electron chi connectivity index (χ0n) is 17.1. The van der Waals surface area contributed by atoms with E-state index in [9.17, 15) is 9.59 Å². The molecule has 2 aliphatic heterocycles. The summed E-state index contributed by atoms with van der Waals surface area (Å²) >= 11 is 0. The highest BCUT2D eigenvalue weighted by Gasteiger charge is 2.44. The van der Waals surface area contributed by atoms with E-state index in [1.807, 2.05) is 62.9 Å². The van der Waals surface area contributed by atoms with Crippen molar-refractivity contribution < 1.29 is 14.3 Å². The molecule has 146 valence electrons. The topological polar surface area (TPSA) is 46.6 Å². The molecule has 28 heavy (non-hydrogen) atoms. The van der Waals surface area contributed by atoms with E-state index in [1.165, 1.54) is 5.56 Å². The van der Waals surface area contributed by atoms with Crippen LogP contribution in [0, 0.1) is 27.7 Å². The molecule has 2 heterocycles. The van der Waals surface area contributed by atoms with E-state index in [4.69, 9.17) is 4.74 Å². The molecule has 1 fully saturated rings. The molecule has 0 atom stereocenters. The fourth-order valence-corrected chi connectivity index (χ4v) is 4.47. The number of nitrogens with zero attached hydrogens (tertiary/aromatic N) is 1. The van der Waals surface area contributed by atoms with Crippen LogP contribution in [0.15, 0.2) is 30.3 Å². The second kappa shape index (κ2) is 6.77. The Labute approximate surface area is 166 Å². The van der Waals surface area contributed by atoms with Gasteiger partial charge in [-0.05, 0) is 68.1 Å². The first-order valence-electron chi connectivity index (χ1n) is 9.98. The lowest BCUT2D eigenvalue weighted by molar-refractivity contribution is -0.00581. The molecule has 0 radical (unpaired) electrons. The number of carbonyl (C=O) groups is 2. The van der Waals surface area contributed by atoms with Crippen LogP contribution < -0.4 is 4.74 Å². The summed E-state index contributed by atoms with van der Waals surface area (Å²) < 4.78 is 6.40. The van der Waals surface area contributed by atoms with Crippen LogP contribution in [-0.2, 0) is 0 Å². The maximum Gasteiger partial charge on any atom is 0.253 e. The molecular weight excluding hydrogens is 350 g/mol. The predicted molar refractivity (Wildman–Crippen MR) is 109 cm³/mol.